The molecule has 0 amide bonds. The molecule has 0 bridgehead atoms. The largest absolute Gasteiger partial charge is 0.354 e. The van der Waals surface area contributed by atoms with Crippen LogP contribution in [0, 0.1) is 6.92 Å². The zero-order valence-corrected chi connectivity index (χ0v) is 18.1. The first-order chi connectivity index (χ1) is 13.3. The van der Waals surface area contributed by atoms with Crippen molar-refractivity contribution in [1.82, 2.24) is 39.6 Å². The lowest BCUT2D eigenvalue weighted by atomic mass is 10.2. The number of rotatable bonds is 3. The number of hydrogen-bond acceptors (Lipinski definition) is 7. The van der Waals surface area contributed by atoms with E-state index in [1.807, 2.05) is 11.4 Å². The Hall–Kier alpha value is -1.94. The van der Waals surface area contributed by atoms with Crippen molar-refractivity contribution < 1.29 is 0 Å². The van der Waals surface area contributed by atoms with Gasteiger partial charge < -0.3 is 10.2 Å². The molecule has 29 heavy (non-hydrogen) atoms. The molecule has 3 aromatic rings. The molecule has 1 saturated heterocycles. The molecule has 0 radical (unpaired) electrons. The van der Waals surface area contributed by atoms with Crippen LogP contribution in [0.3, 0.4) is 0 Å². The minimum Gasteiger partial charge on any atom is -0.354 e. The third kappa shape index (κ3) is 4.48. The molecule has 0 aliphatic carbocycles. The highest BCUT2D eigenvalue weighted by molar-refractivity contribution is 5.85. The molecule has 5 rings (SSSR count). The Morgan fingerprint density at radius 3 is 2.72 bits per heavy atom. The average Bonchev–Trinajstić information content (AvgIpc) is 3.23. The van der Waals surface area contributed by atoms with Crippen LogP contribution in [0.2, 0.25) is 0 Å². The van der Waals surface area contributed by atoms with Crippen molar-refractivity contribution in [3.8, 4) is 0 Å². The molecule has 1 N–H and O–H groups in total. The minimum atomic E-state index is 0. The predicted molar refractivity (Wildman–Crippen MR) is 116 cm³/mol. The van der Waals surface area contributed by atoms with Crippen LogP contribution in [0.5, 0.6) is 0 Å². The average molecular weight is 440 g/mol. The number of nitrogens with one attached hydrogen (secondary N) is 1. The maximum Gasteiger partial charge on any atom is 0.254 e. The molecule has 1 fully saturated rings. The summed E-state index contributed by atoms with van der Waals surface area (Å²) in [5, 5.41) is 12.6. The van der Waals surface area contributed by atoms with E-state index in [1.54, 1.807) is 6.33 Å². The highest BCUT2D eigenvalue weighted by atomic mass is 35.5. The number of halogens is 2. The maximum absolute atomic E-state index is 4.82. The molecule has 158 valence electrons. The summed E-state index contributed by atoms with van der Waals surface area (Å²) in [6.07, 6.45) is 2.72. The second kappa shape index (κ2) is 9.25. The number of hydrogen-bond donors (Lipinski definition) is 1. The number of anilines is 1. The van der Waals surface area contributed by atoms with Crippen molar-refractivity contribution >= 4 is 36.4 Å². The fourth-order valence-electron chi connectivity index (χ4n) is 4.00. The molecule has 5 heterocycles. The van der Waals surface area contributed by atoms with E-state index in [-0.39, 0.29) is 24.8 Å². The SMILES string of the molecule is Cc1cc(N2CCN(Cc3cc4n(n3)CCCNC4)CC2)n2ncnc2n1.Cl.Cl. The zero-order valence-electron chi connectivity index (χ0n) is 16.5. The van der Waals surface area contributed by atoms with Gasteiger partial charge in [0.15, 0.2) is 0 Å². The van der Waals surface area contributed by atoms with Gasteiger partial charge in [-0.1, -0.05) is 0 Å². The monoisotopic (exact) mass is 439 g/mol. The van der Waals surface area contributed by atoms with Gasteiger partial charge in [-0.3, -0.25) is 9.58 Å². The highest BCUT2D eigenvalue weighted by Crippen LogP contribution is 2.19. The standard InChI is InChI=1S/C18H25N9.2ClH/c1-14-9-17(27-18(22-14)20-13-21-27)25-7-5-24(6-8-25)12-15-10-16-11-19-3-2-4-26(16)23-15;;/h9-10,13,19H,2-8,11-12H2,1H3;2*1H. The molecule has 9 nitrogen and oxygen atoms in total. The molecule has 2 aliphatic rings. The normalized spacial score (nSPS) is 17.3. The van der Waals surface area contributed by atoms with Crippen LogP contribution < -0.4 is 10.2 Å². The first-order valence-electron chi connectivity index (χ1n) is 9.67. The fourth-order valence-corrected chi connectivity index (χ4v) is 4.00. The van der Waals surface area contributed by atoms with E-state index >= 15 is 0 Å². The lowest BCUT2D eigenvalue weighted by Gasteiger charge is -2.35. The molecule has 2 aliphatic heterocycles. The van der Waals surface area contributed by atoms with Gasteiger partial charge in [0.25, 0.3) is 5.78 Å². The van der Waals surface area contributed by atoms with Crippen LogP contribution in [0.15, 0.2) is 18.5 Å². The molecule has 0 saturated carbocycles. The summed E-state index contributed by atoms with van der Waals surface area (Å²) in [4.78, 5) is 13.5. The Morgan fingerprint density at radius 2 is 1.90 bits per heavy atom. The van der Waals surface area contributed by atoms with Crippen LogP contribution in [-0.4, -0.2) is 67.0 Å². The van der Waals surface area contributed by atoms with Crippen molar-refractivity contribution in [3.05, 3.63) is 35.5 Å². The van der Waals surface area contributed by atoms with Gasteiger partial charge in [0.05, 0.1) is 11.4 Å². The maximum atomic E-state index is 4.82. The summed E-state index contributed by atoms with van der Waals surface area (Å²) in [7, 11) is 0. The molecular weight excluding hydrogens is 413 g/mol. The van der Waals surface area contributed by atoms with Crippen molar-refractivity contribution in [3.63, 3.8) is 0 Å². The molecule has 0 unspecified atom stereocenters. The van der Waals surface area contributed by atoms with Crippen LogP contribution >= 0.6 is 24.8 Å². The van der Waals surface area contributed by atoms with Gasteiger partial charge in [-0.2, -0.15) is 19.7 Å². The molecule has 0 atom stereocenters. The highest BCUT2D eigenvalue weighted by Gasteiger charge is 2.21. The summed E-state index contributed by atoms with van der Waals surface area (Å²) in [5.41, 5.74) is 3.46. The Kier molecular flexibility index (Phi) is 6.94. The van der Waals surface area contributed by atoms with Crippen LogP contribution in [0.1, 0.15) is 23.5 Å². The smallest absolute Gasteiger partial charge is 0.254 e. The van der Waals surface area contributed by atoms with E-state index in [0.717, 1.165) is 70.3 Å². The Bertz CT molecular complexity index is 923. The van der Waals surface area contributed by atoms with E-state index < -0.39 is 0 Å². The zero-order chi connectivity index (χ0) is 18.2. The second-order valence-electron chi connectivity index (χ2n) is 7.37. The van der Waals surface area contributed by atoms with Crippen LogP contribution in [0.25, 0.3) is 5.78 Å². The lowest BCUT2D eigenvalue weighted by Crippen LogP contribution is -2.46. The summed E-state index contributed by atoms with van der Waals surface area (Å²) in [6, 6.07) is 4.35. The Morgan fingerprint density at radius 1 is 1.07 bits per heavy atom. The van der Waals surface area contributed by atoms with E-state index in [0.29, 0.717) is 5.78 Å². The van der Waals surface area contributed by atoms with E-state index in [1.165, 1.54) is 11.4 Å². The first-order valence-corrected chi connectivity index (χ1v) is 9.67. The van der Waals surface area contributed by atoms with Gasteiger partial charge in [-0.25, -0.2) is 4.98 Å². The topological polar surface area (TPSA) is 79.4 Å². The number of aryl methyl sites for hydroxylation is 2. The Balaban J connectivity index is 0.00000120. The van der Waals surface area contributed by atoms with Crippen molar-refractivity contribution in [1.29, 1.82) is 0 Å². The number of nitrogens with zero attached hydrogens (tertiary/aromatic N) is 8. The summed E-state index contributed by atoms with van der Waals surface area (Å²) in [6.45, 7) is 9.90. The van der Waals surface area contributed by atoms with E-state index in [9.17, 15) is 0 Å². The quantitative estimate of drug-likeness (QED) is 0.658. The van der Waals surface area contributed by atoms with Gasteiger partial charge in [-0.15, -0.1) is 24.8 Å². The van der Waals surface area contributed by atoms with Gasteiger partial charge in [0, 0.05) is 57.6 Å². The van der Waals surface area contributed by atoms with Crippen LogP contribution in [-0.2, 0) is 19.6 Å². The third-order valence-electron chi connectivity index (χ3n) is 5.39. The molecule has 11 heteroatoms. The molecule has 0 aromatic carbocycles. The van der Waals surface area contributed by atoms with Crippen molar-refractivity contribution in [2.75, 3.05) is 37.6 Å². The number of fused-ring (bicyclic) bond motifs is 2. The van der Waals surface area contributed by atoms with Crippen LogP contribution in [0.4, 0.5) is 5.82 Å². The number of aromatic nitrogens is 6. The van der Waals surface area contributed by atoms with E-state index in [4.69, 9.17) is 5.10 Å². The van der Waals surface area contributed by atoms with E-state index in [2.05, 4.69) is 47.0 Å². The van der Waals surface area contributed by atoms with Crippen molar-refractivity contribution in [2.24, 2.45) is 0 Å². The van der Waals surface area contributed by atoms with Gasteiger partial charge in [0.2, 0.25) is 0 Å². The number of piperazine rings is 1. The second-order valence-corrected chi connectivity index (χ2v) is 7.37. The Labute approximate surface area is 182 Å². The fraction of sp³-hybridized carbons (Fsp3) is 0.556. The molecular formula is C18H27Cl2N9. The molecule has 3 aromatic heterocycles. The summed E-state index contributed by atoms with van der Waals surface area (Å²) < 4.78 is 4.01. The summed E-state index contributed by atoms with van der Waals surface area (Å²) >= 11 is 0. The lowest BCUT2D eigenvalue weighted by molar-refractivity contribution is 0.245. The van der Waals surface area contributed by atoms with Gasteiger partial charge >= 0.3 is 0 Å². The van der Waals surface area contributed by atoms with Crippen molar-refractivity contribution in [2.45, 2.75) is 33.0 Å². The predicted octanol–water partition coefficient (Wildman–Crippen LogP) is 1.29. The first kappa shape index (κ1) is 21.8. The van der Waals surface area contributed by atoms with Gasteiger partial charge in [0.1, 0.15) is 12.1 Å². The minimum absolute atomic E-state index is 0. The summed E-state index contributed by atoms with van der Waals surface area (Å²) in [5.74, 6) is 1.75. The third-order valence-corrected chi connectivity index (χ3v) is 5.39. The molecule has 0 spiro atoms. The van der Waals surface area contributed by atoms with Gasteiger partial charge in [-0.05, 0) is 26.0 Å².